The van der Waals surface area contributed by atoms with Gasteiger partial charge in [-0.25, -0.2) is 0 Å². The van der Waals surface area contributed by atoms with Crippen LogP contribution in [0, 0.1) is 23.7 Å². The topological polar surface area (TPSA) is 68.2 Å². The number of halogens is 2. The number of amides is 2. The van der Waals surface area contributed by atoms with E-state index >= 15 is 0 Å². The van der Waals surface area contributed by atoms with Crippen LogP contribution in [0.3, 0.4) is 0 Å². The first-order valence-corrected chi connectivity index (χ1v) is 11.9. The van der Waals surface area contributed by atoms with Gasteiger partial charge in [0.1, 0.15) is 6.61 Å². The number of rotatable bonds is 6. The maximum absolute atomic E-state index is 12.8. The standard InChI is InChI=1S/C24H20Br2N2O4/c1-31-19-9-16(18(26)10-20(19)32-12-13-2-6-17(25)7-3-13)11-27-28-23(29)21-14-4-5-15(8-14)22(21)24(28)30/h2-7,9-11,14-15,21-22H,8,12H2,1H3/t14-,15-,21-,22+/m0/s1. The number of hydrazone groups is 1. The highest BCUT2D eigenvalue weighted by molar-refractivity contribution is 9.10. The van der Waals surface area contributed by atoms with Gasteiger partial charge in [-0.15, -0.1) is 0 Å². The van der Waals surface area contributed by atoms with Crippen molar-refractivity contribution in [3.8, 4) is 11.5 Å². The molecule has 2 fully saturated rings. The minimum absolute atomic E-state index is 0.163. The first kappa shape index (κ1) is 21.4. The Balaban J connectivity index is 1.33. The summed E-state index contributed by atoms with van der Waals surface area (Å²) in [5.74, 6) is 0.501. The van der Waals surface area contributed by atoms with Crippen molar-refractivity contribution in [1.82, 2.24) is 5.01 Å². The van der Waals surface area contributed by atoms with Gasteiger partial charge in [-0.05, 0) is 64.0 Å². The van der Waals surface area contributed by atoms with Crippen molar-refractivity contribution in [3.63, 3.8) is 0 Å². The van der Waals surface area contributed by atoms with Gasteiger partial charge < -0.3 is 9.47 Å². The minimum atomic E-state index is -0.262. The molecule has 5 rings (SSSR count). The van der Waals surface area contributed by atoms with E-state index in [1.165, 1.54) is 6.21 Å². The predicted molar refractivity (Wildman–Crippen MR) is 126 cm³/mol. The minimum Gasteiger partial charge on any atom is -0.493 e. The Kier molecular flexibility index (Phi) is 5.67. The molecule has 0 unspecified atom stereocenters. The first-order chi connectivity index (χ1) is 15.5. The number of benzene rings is 2. The fourth-order valence-electron chi connectivity index (χ4n) is 4.78. The number of carbonyl (C=O) groups excluding carboxylic acids is 2. The van der Waals surface area contributed by atoms with Crippen LogP contribution in [0.25, 0.3) is 0 Å². The molecule has 2 aromatic carbocycles. The lowest BCUT2D eigenvalue weighted by molar-refractivity contribution is -0.140. The number of allylic oxidation sites excluding steroid dienone is 2. The van der Waals surface area contributed by atoms with Crippen LogP contribution in [-0.4, -0.2) is 30.1 Å². The lowest BCUT2D eigenvalue weighted by Crippen LogP contribution is -2.28. The molecule has 0 N–H and O–H groups in total. The number of hydrogen-bond donors (Lipinski definition) is 0. The molecular weight excluding hydrogens is 540 g/mol. The second-order valence-electron chi connectivity index (χ2n) is 8.17. The first-order valence-electron chi connectivity index (χ1n) is 10.3. The van der Waals surface area contributed by atoms with Crippen LogP contribution in [0.4, 0.5) is 0 Å². The molecule has 32 heavy (non-hydrogen) atoms. The third-order valence-electron chi connectivity index (χ3n) is 6.35. The molecule has 6 nitrogen and oxygen atoms in total. The van der Waals surface area contributed by atoms with Crippen molar-refractivity contribution in [1.29, 1.82) is 0 Å². The van der Waals surface area contributed by atoms with Crippen molar-refractivity contribution in [2.75, 3.05) is 7.11 Å². The third kappa shape index (κ3) is 3.69. The molecule has 1 heterocycles. The molecule has 1 aliphatic heterocycles. The summed E-state index contributed by atoms with van der Waals surface area (Å²) in [5.41, 5.74) is 1.70. The predicted octanol–water partition coefficient (Wildman–Crippen LogP) is 4.94. The van der Waals surface area contributed by atoms with Crippen LogP contribution in [0.1, 0.15) is 17.5 Å². The van der Waals surface area contributed by atoms with Gasteiger partial charge >= 0.3 is 0 Å². The molecule has 2 amide bonds. The molecule has 2 aliphatic carbocycles. The van der Waals surface area contributed by atoms with Gasteiger partial charge in [0.25, 0.3) is 11.8 Å². The smallest absolute Gasteiger partial charge is 0.254 e. The summed E-state index contributed by atoms with van der Waals surface area (Å²) < 4.78 is 13.2. The van der Waals surface area contributed by atoms with E-state index in [-0.39, 0.29) is 35.5 Å². The van der Waals surface area contributed by atoms with E-state index in [1.54, 1.807) is 19.2 Å². The highest BCUT2D eigenvalue weighted by Crippen LogP contribution is 2.52. The Morgan fingerprint density at radius 2 is 1.69 bits per heavy atom. The fraction of sp³-hybridized carbons (Fsp3) is 0.292. The van der Waals surface area contributed by atoms with Gasteiger partial charge in [-0.3, -0.25) is 9.59 Å². The molecule has 4 atom stereocenters. The quantitative estimate of drug-likeness (QED) is 0.285. The van der Waals surface area contributed by atoms with Gasteiger partial charge in [0.2, 0.25) is 0 Å². The Labute approximate surface area is 202 Å². The molecule has 164 valence electrons. The molecule has 2 aromatic rings. The average molecular weight is 560 g/mol. The average Bonchev–Trinajstić information content (AvgIpc) is 3.47. The SMILES string of the molecule is COc1cc(C=NN2C(=O)[C@@H]3[C@H](C2=O)[C@H]2C=C[C@H]3C2)c(Br)cc1OCc1ccc(Br)cc1. The zero-order valence-corrected chi connectivity index (χ0v) is 20.4. The van der Waals surface area contributed by atoms with Crippen molar-refractivity contribution in [3.05, 3.63) is 68.6 Å². The Morgan fingerprint density at radius 1 is 1.03 bits per heavy atom. The molecule has 2 bridgehead atoms. The zero-order chi connectivity index (χ0) is 22.4. The zero-order valence-electron chi connectivity index (χ0n) is 17.2. The molecule has 3 aliphatic rings. The molecule has 0 aromatic heterocycles. The van der Waals surface area contributed by atoms with Gasteiger partial charge in [0.05, 0.1) is 25.2 Å². The molecule has 8 heteroatoms. The Morgan fingerprint density at radius 3 is 2.31 bits per heavy atom. The van der Waals surface area contributed by atoms with E-state index in [0.29, 0.717) is 28.1 Å². The lowest BCUT2D eigenvalue weighted by Gasteiger charge is -2.14. The second-order valence-corrected chi connectivity index (χ2v) is 9.94. The van der Waals surface area contributed by atoms with E-state index in [1.807, 2.05) is 24.3 Å². The van der Waals surface area contributed by atoms with Crippen LogP contribution in [0.2, 0.25) is 0 Å². The summed E-state index contributed by atoms with van der Waals surface area (Å²) >= 11 is 6.96. The van der Waals surface area contributed by atoms with Crippen LogP contribution in [0.5, 0.6) is 11.5 Å². The number of imide groups is 1. The van der Waals surface area contributed by atoms with E-state index in [9.17, 15) is 9.59 Å². The van der Waals surface area contributed by atoms with Gasteiger partial charge in [0, 0.05) is 14.5 Å². The van der Waals surface area contributed by atoms with Crippen LogP contribution in [-0.2, 0) is 16.2 Å². The highest BCUT2D eigenvalue weighted by atomic mass is 79.9. The number of fused-ring (bicyclic) bond motifs is 5. The maximum atomic E-state index is 12.8. The summed E-state index contributed by atoms with van der Waals surface area (Å²) in [6, 6.07) is 11.4. The van der Waals surface area contributed by atoms with E-state index in [0.717, 1.165) is 21.5 Å². The number of hydrogen-bond acceptors (Lipinski definition) is 5. The summed E-state index contributed by atoms with van der Waals surface area (Å²) in [4.78, 5) is 25.6. The summed E-state index contributed by atoms with van der Waals surface area (Å²) in [5, 5.41) is 5.29. The van der Waals surface area contributed by atoms with Crippen molar-refractivity contribution in [2.45, 2.75) is 13.0 Å². The fourth-order valence-corrected chi connectivity index (χ4v) is 5.47. The van der Waals surface area contributed by atoms with Gasteiger partial charge in [-0.2, -0.15) is 10.1 Å². The number of methoxy groups -OCH3 is 1. The maximum Gasteiger partial charge on any atom is 0.254 e. The van der Waals surface area contributed by atoms with E-state index < -0.39 is 0 Å². The monoisotopic (exact) mass is 558 g/mol. The number of nitrogens with zero attached hydrogens (tertiary/aromatic N) is 2. The lowest BCUT2D eigenvalue weighted by atomic mass is 9.85. The second kappa shape index (κ2) is 8.48. The van der Waals surface area contributed by atoms with Crippen molar-refractivity contribution in [2.24, 2.45) is 28.8 Å². The summed E-state index contributed by atoms with van der Waals surface area (Å²) in [6.45, 7) is 0.388. The van der Waals surface area contributed by atoms with Gasteiger partial charge in [-0.1, -0.05) is 40.2 Å². The third-order valence-corrected chi connectivity index (χ3v) is 7.57. The van der Waals surface area contributed by atoms with Gasteiger partial charge in [0.15, 0.2) is 11.5 Å². The normalized spacial score (nSPS) is 25.8. The number of ether oxygens (including phenoxy) is 2. The van der Waals surface area contributed by atoms with Crippen LogP contribution in [0.15, 0.2) is 62.6 Å². The molecule has 0 spiro atoms. The summed E-state index contributed by atoms with van der Waals surface area (Å²) in [6.07, 6.45) is 6.55. The summed E-state index contributed by atoms with van der Waals surface area (Å²) in [7, 11) is 1.56. The number of carbonyl (C=O) groups is 2. The molecule has 1 saturated heterocycles. The van der Waals surface area contributed by atoms with Crippen molar-refractivity contribution >= 4 is 49.9 Å². The van der Waals surface area contributed by atoms with E-state index in [4.69, 9.17) is 9.47 Å². The van der Waals surface area contributed by atoms with E-state index in [2.05, 4.69) is 49.1 Å². The molecule has 0 radical (unpaired) electrons. The van der Waals surface area contributed by atoms with Crippen LogP contribution < -0.4 is 9.47 Å². The molecular formula is C24H20Br2N2O4. The highest BCUT2D eigenvalue weighted by Gasteiger charge is 2.59. The Bertz CT molecular complexity index is 1120. The van der Waals surface area contributed by atoms with Crippen LogP contribution >= 0.6 is 31.9 Å². The Hall–Kier alpha value is -2.45. The van der Waals surface area contributed by atoms with Crippen molar-refractivity contribution < 1.29 is 19.1 Å². The molecule has 1 saturated carbocycles. The largest absolute Gasteiger partial charge is 0.493 e.